The Morgan fingerprint density at radius 1 is 1.09 bits per heavy atom. The minimum atomic E-state index is -1.11. The Balaban J connectivity index is 1.62. The van der Waals surface area contributed by atoms with Gasteiger partial charge in [-0.3, -0.25) is 9.80 Å². The average molecular weight is 310 g/mol. The van der Waals surface area contributed by atoms with Gasteiger partial charge in [0.15, 0.2) is 0 Å². The van der Waals surface area contributed by atoms with Crippen LogP contribution in [0.15, 0.2) is 18.2 Å². The molecule has 2 aliphatic rings. The lowest BCUT2D eigenvalue weighted by molar-refractivity contribution is 0.0620. The predicted molar refractivity (Wildman–Crippen MR) is 81.6 cm³/mol. The fourth-order valence-electron chi connectivity index (χ4n) is 3.77. The fourth-order valence-corrected chi connectivity index (χ4v) is 3.77. The molecule has 0 saturated carbocycles. The van der Waals surface area contributed by atoms with Crippen molar-refractivity contribution in [3.63, 3.8) is 0 Å². The molecule has 3 nitrogen and oxygen atoms in total. The summed E-state index contributed by atoms with van der Waals surface area (Å²) in [5.74, 6) is -1.33. The van der Waals surface area contributed by atoms with Gasteiger partial charge in [0.1, 0.15) is 11.6 Å². The highest BCUT2D eigenvalue weighted by atomic mass is 19.1. The van der Waals surface area contributed by atoms with Crippen molar-refractivity contribution in [3.05, 3.63) is 35.4 Å². The van der Waals surface area contributed by atoms with Crippen molar-refractivity contribution in [1.29, 1.82) is 0 Å². The first kappa shape index (κ1) is 15.8. The summed E-state index contributed by atoms with van der Waals surface area (Å²) in [6.45, 7) is 4.37. The lowest BCUT2D eigenvalue weighted by atomic mass is 10.0. The van der Waals surface area contributed by atoms with Crippen molar-refractivity contribution < 1.29 is 13.9 Å². The average Bonchev–Trinajstić information content (AvgIpc) is 3.01. The van der Waals surface area contributed by atoms with E-state index in [1.807, 2.05) is 0 Å². The van der Waals surface area contributed by atoms with E-state index in [-0.39, 0.29) is 5.56 Å². The molecule has 0 aromatic heterocycles. The summed E-state index contributed by atoms with van der Waals surface area (Å²) >= 11 is 0. The van der Waals surface area contributed by atoms with Crippen molar-refractivity contribution in [2.24, 2.45) is 0 Å². The molecule has 1 N–H and O–H groups in total. The Morgan fingerprint density at radius 2 is 1.77 bits per heavy atom. The van der Waals surface area contributed by atoms with Gasteiger partial charge in [-0.2, -0.15) is 0 Å². The minimum absolute atomic E-state index is 0.203. The van der Waals surface area contributed by atoms with Crippen LogP contribution in [0.25, 0.3) is 0 Å². The molecular weight excluding hydrogens is 286 g/mol. The van der Waals surface area contributed by atoms with Gasteiger partial charge in [-0.25, -0.2) is 8.78 Å². The van der Waals surface area contributed by atoms with Crippen LogP contribution >= 0.6 is 0 Å². The molecule has 1 aromatic rings. The summed E-state index contributed by atoms with van der Waals surface area (Å²) in [4.78, 5) is 4.66. The van der Waals surface area contributed by atoms with Crippen molar-refractivity contribution in [1.82, 2.24) is 9.80 Å². The molecule has 2 unspecified atom stereocenters. The number of aliphatic hydroxyl groups is 1. The van der Waals surface area contributed by atoms with Gasteiger partial charge >= 0.3 is 0 Å². The first-order chi connectivity index (χ1) is 10.6. The number of rotatable bonds is 4. The zero-order valence-corrected chi connectivity index (χ0v) is 12.8. The number of halogens is 2. The van der Waals surface area contributed by atoms with Crippen molar-refractivity contribution >= 4 is 0 Å². The topological polar surface area (TPSA) is 26.7 Å². The number of hydrogen-bond donors (Lipinski definition) is 1. The first-order valence-corrected chi connectivity index (χ1v) is 8.23. The first-order valence-electron chi connectivity index (χ1n) is 8.23. The van der Waals surface area contributed by atoms with Crippen LogP contribution < -0.4 is 0 Å². The number of nitrogens with zero attached hydrogens (tertiary/aromatic N) is 2. The highest BCUT2D eigenvalue weighted by Crippen LogP contribution is 2.25. The van der Waals surface area contributed by atoms with Gasteiger partial charge in [-0.05, 0) is 57.5 Å². The zero-order valence-electron chi connectivity index (χ0n) is 12.8. The van der Waals surface area contributed by atoms with Gasteiger partial charge in [-0.15, -0.1) is 0 Å². The Hall–Kier alpha value is -1.04. The molecular formula is C17H24F2N2O. The van der Waals surface area contributed by atoms with Crippen LogP contribution in [0.2, 0.25) is 0 Å². The molecule has 3 rings (SSSR count). The van der Waals surface area contributed by atoms with Crippen LogP contribution in [-0.4, -0.2) is 53.7 Å². The van der Waals surface area contributed by atoms with Crippen molar-refractivity contribution in [3.8, 4) is 0 Å². The summed E-state index contributed by atoms with van der Waals surface area (Å²) in [5, 5.41) is 10.3. The minimum Gasteiger partial charge on any atom is -0.387 e. The van der Waals surface area contributed by atoms with Crippen LogP contribution in [0.5, 0.6) is 0 Å². The largest absolute Gasteiger partial charge is 0.387 e. The summed E-state index contributed by atoms with van der Waals surface area (Å²) in [7, 11) is 0. The molecule has 22 heavy (non-hydrogen) atoms. The van der Waals surface area contributed by atoms with E-state index in [0.29, 0.717) is 12.6 Å². The summed E-state index contributed by atoms with van der Waals surface area (Å²) in [5.41, 5.74) is -0.203. The van der Waals surface area contributed by atoms with E-state index in [4.69, 9.17) is 0 Å². The van der Waals surface area contributed by atoms with Gasteiger partial charge in [-0.1, -0.05) is 6.07 Å². The van der Waals surface area contributed by atoms with Gasteiger partial charge in [0.05, 0.1) is 11.7 Å². The van der Waals surface area contributed by atoms with E-state index in [1.165, 1.54) is 37.5 Å². The molecule has 0 spiro atoms. The molecule has 2 atom stereocenters. The highest BCUT2D eigenvalue weighted by Gasteiger charge is 2.29. The van der Waals surface area contributed by atoms with Crippen LogP contribution in [0, 0.1) is 11.6 Å². The van der Waals surface area contributed by atoms with E-state index in [2.05, 4.69) is 9.80 Å². The van der Waals surface area contributed by atoms with Crippen molar-refractivity contribution in [2.45, 2.75) is 37.8 Å². The highest BCUT2D eigenvalue weighted by molar-refractivity contribution is 5.22. The molecule has 5 heteroatoms. The number of likely N-dealkylation sites (tertiary alicyclic amines) is 2. The second kappa shape index (κ2) is 7.02. The number of benzene rings is 1. The third-order valence-electron chi connectivity index (χ3n) is 4.90. The SMILES string of the molecule is OC(CN1CCCC(N2CCCC2)C1)c1c(F)cccc1F. The summed E-state index contributed by atoms with van der Waals surface area (Å²) < 4.78 is 27.5. The molecule has 2 heterocycles. The maximum absolute atomic E-state index is 13.8. The maximum atomic E-state index is 13.8. The van der Waals surface area contributed by atoms with Crippen LogP contribution in [-0.2, 0) is 0 Å². The molecule has 0 amide bonds. The lowest BCUT2D eigenvalue weighted by Gasteiger charge is -2.38. The smallest absolute Gasteiger partial charge is 0.131 e. The zero-order chi connectivity index (χ0) is 15.5. The number of hydrogen-bond acceptors (Lipinski definition) is 3. The van der Waals surface area contributed by atoms with Gasteiger partial charge < -0.3 is 5.11 Å². The quantitative estimate of drug-likeness (QED) is 0.926. The van der Waals surface area contributed by atoms with E-state index in [1.54, 1.807) is 0 Å². The van der Waals surface area contributed by atoms with E-state index in [0.717, 1.165) is 32.6 Å². The van der Waals surface area contributed by atoms with Crippen LogP contribution in [0.4, 0.5) is 8.78 Å². The molecule has 2 saturated heterocycles. The van der Waals surface area contributed by atoms with Gasteiger partial charge in [0.25, 0.3) is 0 Å². The third-order valence-corrected chi connectivity index (χ3v) is 4.90. The van der Waals surface area contributed by atoms with Gasteiger partial charge in [0, 0.05) is 19.1 Å². The summed E-state index contributed by atoms with van der Waals surface area (Å²) in [6, 6.07) is 4.25. The Kier molecular flexibility index (Phi) is 5.06. The molecule has 2 fully saturated rings. The second-order valence-corrected chi connectivity index (χ2v) is 6.45. The standard InChI is InChI=1S/C17H24F2N2O/c18-14-6-3-7-15(19)17(14)16(22)12-20-8-4-5-13(11-20)21-9-1-2-10-21/h3,6-7,13,16,22H,1-2,4-5,8-12H2. The lowest BCUT2D eigenvalue weighted by Crippen LogP contribution is -2.48. The number of aliphatic hydroxyl groups excluding tert-OH is 1. The van der Waals surface area contributed by atoms with Gasteiger partial charge in [0.2, 0.25) is 0 Å². The van der Waals surface area contributed by atoms with E-state index < -0.39 is 17.7 Å². The number of β-amino-alcohol motifs (C(OH)–C–C–N with tert-alkyl or cyclic N) is 1. The molecule has 122 valence electrons. The normalized spacial score (nSPS) is 25.5. The molecule has 0 radical (unpaired) electrons. The number of piperidine rings is 1. The predicted octanol–water partition coefficient (Wildman–Crippen LogP) is 2.56. The molecule has 0 bridgehead atoms. The third kappa shape index (κ3) is 3.47. The van der Waals surface area contributed by atoms with Crippen LogP contribution in [0.3, 0.4) is 0 Å². The van der Waals surface area contributed by atoms with Crippen LogP contribution in [0.1, 0.15) is 37.4 Å². The molecule has 1 aromatic carbocycles. The van der Waals surface area contributed by atoms with Crippen molar-refractivity contribution in [2.75, 3.05) is 32.7 Å². The Labute approximate surface area is 130 Å². The van der Waals surface area contributed by atoms with E-state index >= 15 is 0 Å². The Morgan fingerprint density at radius 3 is 2.45 bits per heavy atom. The summed E-state index contributed by atoms with van der Waals surface area (Å²) in [6.07, 6.45) is 3.67. The maximum Gasteiger partial charge on any atom is 0.131 e. The Bertz CT molecular complexity index is 485. The second-order valence-electron chi connectivity index (χ2n) is 6.45. The van der Waals surface area contributed by atoms with E-state index in [9.17, 15) is 13.9 Å². The fraction of sp³-hybridized carbons (Fsp3) is 0.647. The molecule has 0 aliphatic carbocycles. The molecule has 2 aliphatic heterocycles. The monoisotopic (exact) mass is 310 g/mol.